The molecule has 0 aromatic rings. The quantitative estimate of drug-likeness (QED) is 0.0546. The molecule has 0 amide bonds. The summed E-state index contributed by atoms with van der Waals surface area (Å²) in [7, 11) is 0. The zero-order valence-electron chi connectivity index (χ0n) is 28.5. The molecule has 1 atom stereocenters. The van der Waals surface area contributed by atoms with Crippen molar-refractivity contribution in [1.29, 1.82) is 0 Å². The molecule has 0 aliphatic carbocycles. The maximum Gasteiger partial charge on any atom is 0.306 e. The fraction of sp³-hybridized carbons (Fsp3) is 0.946. The Morgan fingerprint density at radius 3 is 1.21 bits per heavy atom. The van der Waals surface area contributed by atoms with Crippen LogP contribution < -0.4 is 0 Å². The van der Waals surface area contributed by atoms with Gasteiger partial charge in [0, 0.05) is 19.4 Å². The first-order valence-electron chi connectivity index (χ1n) is 18.6. The van der Waals surface area contributed by atoms with Crippen LogP contribution in [0.15, 0.2) is 0 Å². The van der Waals surface area contributed by atoms with Crippen molar-refractivity contribution in [2.24, 2.45) is 0 Å². The molecule has 0 heterocycles. The molecular weight excluding hydrogens is 524 g/mol. The Balaban J connectivity index is 3.97. The van der Waals surface area contributed by atoms with Gasteiger partial charge >= 0.3 is 11.9 Å². The number of unbranched alkanes of at least 4 members (excludes halogenated alkanes) is 23. The van der Waals surface area contributed by atoms with E-state index in [9.17, 15) is 9.59 Å². The predicted molar refractivity (Wildman–Crippen MR) is 178 cm³/mol. The lowest BCUT2D eigenvalue weighted by Gasteiger charge is -2.18. The third-order valence-corrected chi connectivity index (χ3v) is 8.14. The minimum absolute atomic E-state index is 0.0929. The summed E-state index contributed by atoms with van der Waals surface area (Å²) in [5.41, 5.74) is 0. The highest BCUT2D eigenvalue weighted by atomic mass is 16.6. The second-order valence-corrected chi connectivity index (χ2v) is 12.5. The first-order valence-corrected chi connectivity index (χ1v) is 18.6. The van der Waals surface area contributed by atoms with Gasteiger partial charge in [0.2, 0.25) is 0 Å². The van der Waals surface area contributed by atoms with Crippen LogP contribution in [0.4, 0.5) is 0 Å². The highest BCUT2D eigenvalue weighted by Gasteiger charge is 2.17. The van der Waals surface area contributed by atoms with Gasteiger partial charge in [0.05, 0.1) is 6.61 Å². The average molecular weight is 597 g/mol. The summed E-state index contributed by atoms with van der Waals surface area (Å²) < 4.78 is 17.0. The van der Waals surface area contributed by atoms with E-state index in [-0.39, 0.29) is 18.5 Å². The highest BCUT2D eigenvalue weighted by molar-refractivity contribution is 5.70. The number of hydrogen-bond acceptors (Lipinski definition) is 5. The van der Waals surface area contributed by atoms with Crippen LogP contribution in [-0.4, -0.2) is 37.9 Å². The second kappa shape index (κ2) is 34.4. The predicted octanol–water partition coefficient (Wildman–Crippen LogP) is 11.4. The molecule has 0 bridgehead atoms. The fourth-order valence-electron chi connectivity index (χ4n) is 5.33. The van der Waals surface area contributed by atoms with Crippen LogP contribution in [0.3, 0.4) is 0 Å². The van der Waals surface area contributed by atoms with Crippen LogP contribution in [0.1, 0.15) is 201 Å². The molecule has 0 spiro atoms. The van der Waals surface area contributed by atoms with Crippen LogP contribution in [0.25, 0.3) is 0 Å². The first kappa shape index (κ1) is 40.9. The van der Waals surface area contributed by atoms with E-state index in [0.29, 0.717) is 26.1 Å². The van der Waals surface area contributed by atoms with Crippen molar-refractivity contribution in [3.63, 3.8) is 0 Å². The Morgan fingerprint density at radius 1 is 0.429 bits per heavy atom. The van der Waals surface area contributed by atoms with Crippen molar-refractivity contribution in [1.82, 2.24) is 0 Å². The molecule has 0 aromatic carbocycles. The average Bonchev–Trinajstić information content (AvgIpc) is 2.99. The normalized spacial score (nSPS) is 12.0. The minimum atomic E-state index is -0.516. The molecule has 42 heavy (non-hydrogen) atoms. The van der Waals surface area contributed by atoms with Gasteiger partial charge in [-0.1, -0.05) is 168 Å². The maximum absolute atomic E-state index is 12.4. The second-order valence-electron chi connectivity index (χ2n) is 12.5. The molecule has 5 nitrogen and oxygen atoms in total. The molecule has 0 aliphatic rings. The SMILES string of the molecule is CCCCCCCCCCCCCCCCCC(=O)OCC(COCCCCCCCC)OC(=O)CCCCCCC. The lowest BCUT2D eigenvalue weighted by atomic mass is 10.0. The third-order valence-electron chi connectivity index (χ3n) is 8.14. The molecule has 1 unspecified atom stereocenters. The van der Waals surface area contributed by atoms with Gasteiger partial charge in [-0.2, -0.15) is 0 Å². The van der Waals surface area contributed by atoms with Gasteiger partial charge in [-0.05, 0) is 19.3 Å². The van der Waals surface area contributed by atoms with Crippen molar-refractivity contribution in [3.8, 4) is 0 Å². The lowest BCUT2D eigenvalue weighted by molar-refractivity contribution is -0.163. The zero-order valence-corrected chi connectivity index (χ0v) is 28.5. The van der Waals surface area contributed by atoms with Gasteiger partial charge in [0.25, 0.3) is 0 Å². The highest BCUT2D eigenvalue weighted by Crippen LogP contribution is 2.14. The lowest BCUT2D eigenvalue weighted by Crippen LogP contribution is -2.30. The molecule has 0 radical (unpaired) electrons. The molecule has 0 N–H and O–H groups in total. The standard InChI is InChI=1S/C37H72O5/c1-4-7-10-13-15-16-17-18-19-20-21-22-23-25-27-30-36(38)41-34-35(33-40-32-29-26-14-11-8-5-2)42-37(39)31-28-24-12-9-6-3/h35H,4-34H2,1-3H3. The molecule has 0 aromatic heterocycles. The van der Waals surface area contributed by atoms with Gasteiger partial charge in [-0.3, -0.25) is 9.59 Å². The Hall–Kier alpha value is -1.10. The number of hydrogen-bond donors (Lipinski definition) is 0. The molecule has 250 valence electrons. The third kappa shape index (κ3) is 31.8. The Kier molecular flexibility index (Phi) is 33.5. The van der Waals surface area contributed by atoms with E-state index in [1.165, 1.54) is 122 Å². The Bertz CT molecular complexity index is 564. The van der Waals surface area contributed by atoms with E-state index in [0.717, 1.165) is 44.9 Å². The minimum Gasteiger partial charge on any atom is -0.462 e. The molecule has 0 saturated heterocycles. The summed E-state index contributed by atoms with van der Waals surface area (Å²) in [5, 5.41) is 0. The van der Waals surface area contributed by atoms with Crippen molar-refractivity contribution >= 4 is 11.9 Å². The Morgan fingerprint density at radius 2 is 0.786 bits per heavy atom. The summed E-state index contributed by atoms with van der Waals surface area (Å²) in [6.45, 7) is 7.73. The number of carbonyl (C=O) groups excluding carboxylic acids is 2. The van der Waals surface area contributed by atoms with Crippen molar-refractivity contribution in [3.05, 3.63) is 0 Å². The summed E-state index contributed by atoms with van der Waals surface area (Å²) in [6.07, 6.45) is 32.6. The van der Waals surface area contributed by atoms with Crippen molar-refractivity contribution in [2.45, 2.75) is 207 Å². The van der Waals surface area contributed by atoms with Crippen molar-refractivity contribution < 1.29 is 23.8 Å². The summed E-state index contributed by atoms with van der Waals surface area (Å²) >= 11 is 0. The molecule has 0 fully saturated rings. The molecule has 5 heteroatoms. The monoisotopic (exact) mass is 597 g/mol. The maximum atomic E-state index is 12.4. The van der Waals surface area contributed by atoms with Gasteiger partial charge in [0.15, 0.2) is 6.10 Å². The molecule has 0 aliphatic heterocycles. The van der Waals surface area contributed by atoms with Gasteiger partial charge in [0.1, 0.15) is 6.61 Å². The smallest absolute Gasteiger partial charge is 0.306 e. The van der Waals surface area contributed by atoms with E-state index in [2.05, 4.69) is 20.8 Å². The van der Waals surface area contributed by atoms with Crippen LogP contribution in [-0.2, 0) is 23.8 Å². The number of carbonyl (C=O) groups is 2. The van der Waals surface area contributed by atoms with Crippen molar-refractivity contribution in [2.75, 3.05) is 19.8 Å². The van der Waals surface area contributed by atoms with Crippen LogP contribution in [0, 0.1) is 0 Å². The van der Waals surface area contributed by atoms with E-state index in [4.69, 9.17) is 14.2 Å². The topological polar surface area (TPSA) is 61.8 Å². The van der Waals surface area contributed by atoms with Gasteiger partial charge < -0.3 is 14.2 Å². The van der Waals surface area contributed by atoms with Crippen LogP contribution in [0.5, 0.6) is 0 Å². The number of esters is 2. The van der Waals surface area contributed by atoms with Gasteiger partial charge in [-0.15, -0.1) is 0 Å². The summed E-state index contributed by atoms with van der Waals surface area (Å²) in [5.74, 6) is -0.403. The van der Waals surface area contributed by atoms with E-state index < -0.39 is 6.10 Å². The molecule has 0 saturated carbocycles. The summed E-state index contributed by atoms with van der Waals surface area (Å²) in [6, 6.07) is 0. The van der Waals surface area contributed by atoms with Gasteiger partial charge in [-0.25, -0.2) is 0 Å². The fourth-order valence-corrected chi connectivity index (χ4v) is 5.33. The largest absolute Gasteiger partial charge is 0.462 e. The first-order chi connectivity index (χ1) is 20.6. The number of rotatable bonds is 34. The zero-order chi connectivity index (χ0) is 30.8. The van der Waals surface area contributed by atoms with Crippen LogP contribution in [0.2, 0.25) is 0 Å². The van der Waals surface area contributed by atoms with Crippen LogP contribution >= 0.6 is 0 Å². The number of ether oxygens (including phenoxy) is 3. The Labute approximate surface area is 262 Å². The summed E-state index contributed by atoms with van der Waals surface area (Å²) in [4.78, 5) is 24.7. The molecular formula is C37H72O5. The van der Waals surface area contributed by atoms with E-state index in [1.54, 1.807) is 0 Å². The molecule has 0 rings (SSSR count). The van der Waals surface area contributed by atoms with E-state index in [1.807, 2.05) is 0 Å². The van der Waals surface area contributed by atoms with E-state index >= 15 is 0 Å².